The first-order valence-corrected chi connectivity index (χ1v) is 38.7. The highest BCUT2D eigenvalue weighted by Crippen LogP contribution is 2.53. The third kappa shape index (κ3) is 7.29. The Hall–Kier alpha value is -14.1. The van der Waals surface area contributed by atoms with E-state index in [1.54, 1.807) is 22.7 Å². The molecule has 9 nitrogen and oxygen atoms in total. The predicted molar refractivity (Wildman–Crippen MR) is 459 cm³/mol. The summed E-state index contributed by atoms with van der Waals surface area (Å²) in [4.78, 5) is 23.2. The molecule has 0 amide bonds. The van der Waals surface area contributed by atoms with E-state index in [1.165, 1.54) is 118 Å². The molecule has 0 atom stereocenters. The number of thiophene rings is 2. The number of fused-ring (bicyclic) bond motifs is 34. The van der Waals surface area contributed by atoms with Crippen molar-refractivity contribution >= 4 is 237 Å². The molecule has 500 valence electrons. The van der Waals surface area contributed by atoms with Crippen molar-refractivity contribution in [1.82, 2.24) is 42.4 Å². The van der Waals surface area contributed by atoms with Gasteiger partial charge in [-0.15, -0.1) is 22.7 Å². The molecule has 0 aliphatic carbocycles. The average Bonchev–Trinajstić information content (AvgIpc) is 1.50. The summed E-state index contributed by atoms with van der Waals surface area (Å²) in [6.45, 7) is 0. The minimum absolute atomic E-state index is 0.633. The quantitative estimate of drug-likeness (QED) is 0.172. The van der Waals surface area contributed by atoms with E-state index in [0.29, 0.717) is 11.8 Å². The van der Waals surface area contributed by atoms with Gasteiger partial charge in [0.15, 0.2) is 17.5 Å². The number of aromatic nitrogens is 9. The minimum atomic E-state index is 0.633. The van der Waals surface area contributed by atoms with Gasteiger partial charge >= 0.3 is 0 Å². The van der Waals surface area contributed by atoms with Gasteiger partial charge in [-0.3, -0.25) is 13.7 Å². The van der Waals surface area contributed by atoms with Gasteiger partial charge < -0.3 is 8.80 Å². The zero-order chi connectivity index (χ0) is 70.3. The largest absolute Gasteiger partial charge is 0.307 e. The number of benzene rings is 16. The van der Waals surface area contributed by atoms with E-state index in [4.69, 9.17) is 19.9 Å². The minimum Gasteiger partial charge on any atom is -0.307 e. The molecule has 11 heterocycles. The Bertz CT molecular complexity index is 8790. The maximum absolute atomic E-state index is 5.90. The van der Waals surface area contributed by atoms with Crippen LogP contribution < -0.4 is 0 Å². The number of para-hydroxylation sites is 5. The highest BCUT2D eigenvalue weighted by molar-refractivity contribution is 7.26. The fraction of sp³-hybridized carbons (Fsp3) is 0. The average molecular weight is 1420 g/mol. The Morgan fingerprint density at radius 1 is 0.220 bits per heavy atom. The first-order chi connectivity index (χ1) is 54.1. The van der Waals surface area contributed by atoms with Gasteiger partial charge in [0, 0.05) is 112 Å². The zero-order valence-corrected chi connectivity index (χ0v) is 59.4. The summed E-state index contributed by atoms with van der Waals surface area (Å²) in [6, 6.07) is 114. The molecule has 0 saturated carbocycles. The number of hydrogen-bond donors (Lipinski definition) is 0. The van der Waals surface area contributed by atoms with Crippen LogP contribution in [0.1, 0.15) is 0 Å². The number of hydrogen-bond acceptors (Lipinski definition) is 6. The van der Waals surface area contributed by atoms with Crippen molar-refractivity contribution in [2.75, 3.05) is 0 Å². The summed E-state index contributed by atoms with van der Waals surface area (Å²) in [7, 11) is 0. The molecule has 27 aromatic rings. The molecule has 27 rings (SSSR count). The molecule has 0 aliphatic heterocycles. The summed E-state index contributed by atoms with van der Waals surface area (Å²) in [6.07, 6.45) is 0. The molecule has 11 aromatic heterocycles. The summed E-state index contributed by atoms with van der Waals surface area (Å²) >= 11 is 3.55. The van der Waals surface area contributed by atoms with E-state index in [0.717, 1.165) is 124 Å². The molecular weight excluding hydrogens is 1370 g/mol. The molecule has 0 N–H and O–H groups in total. The SMILES string of the molecule is c1ccc2cc(-c3nc(-n4c5ccccc5c5c6c7ccccc7n7c8c9ccccc9ccc8c(cc54)c67)c4sc5ccc(-c6ccc7c(c6)c6c8c9ccccc9n(-c9nc(-n%10c%11ccccc%11c%11ccccc%11%10)nc%10c9sc9ccccc9%10)c8cc8c9ccc%10ccccc%10c9n7c86)cc5c4n3)ccc2c1. The van der Waals surface area contributed by atoms with E-state index in [1.807, 2.05) is 0 Å². The van der Waals surface area contributed by atoms with Gasteiger partial charge in [-0.05, 0) is 112 Å². The van der Waals surface area contributed by atoms with E-state index >= 15 is 0 Å². The maximum Gasteiger partial charge on any atom is 0.237 e. The van der Waals surface area contributed by atoms with Crippen LogP contribution in [0.2, 0.25) is 0 Å². The second kappa shape index (κ2) is 20.5. The Morgan fingerprint density at radius 2 is 0.651 bits per heavy atom. The van der Waals surface area contributed by atoms with E-state index in [-0.39, 0.29) is 0 Å². The molecule has 0 fully saturated rings. The lowest BCUT2D eigenvalue weighted by molar-refractivity contribution is 0.976. The van der Waals surface area contributed by atoms with Crippen LogP contribution in [0.15, 0.2) is 309 Å². The molecule has 0 saturated heterocycles. The Kier molecular flexibility index (Phi) is 10.8. The summed E-state index contributed by atoms with van der Waals surface area (Å²) in [5.74, 6) is 3.03. The molecule has 0 spiro atoms. The second-order valence-electron chi connectivity index (χ2n) is 29.5. The standard InChI is InChI=1S/C98H51N9S2/c1-2-22-55-47-58(38-37-52(55)19-1)95-99-88-72-49-57(42-46-82(72)109-94(88)96(101-95)103-75-33-15-9-27-65(75)83-79(103)50-69-63-43-39-53-20-3-5-23-59(53)89(63)106-77-35-17-11-29-67(77)85(83)91(69)106)56-41-45-78-71(48-56)86-84-66-28-10-16-34-76(66)104(80(84)51-70-64-44-40-54-21-4-6-24-60(54)90(64)107(78)92(70)86)97-93-87(68-30-12-18-36-81(68)108-93)100-98(102-97)105-73-31-13-7-25-61(73)62-26-8-14-32-74(62)105/h1-51H. The van der Waals surface area contributed by atoms with Gasteiger partial charge in [0.05, 0.1) is 86.6 Å². The smallest absolute Gasteiger partial charge is 0.237 e. The molecule has 0 aliphatic rings. The highest BCUT2D eigenvalue weighted by atomic mass is 32.1. The second-order valence-corrected chi connectivity index (χ2v) is 31.6. The van der Waals surface area contributed by atoms with E-state index in [2.05, 4.69) is 332 Å². The Labute approximate surface area is 624 Å². The van der Waals surface area contributed by atoms with Crippen molar-refractivity contribution in [2.45, 2.75) is 0 Å². The highest BCUT2D eigenvalue weighted by Gasteiger charge is 2.31. The fourth-order valence-electron chi connectivity index (χ4n) is 19.6. The summed E-state index contributed by atoms with van der Waals surface area (Å²) < 4.78 is 16.7. The summed E-state index contributed by atoms with van der Waals surface area (Å²) in [5.41, 5.74) is 18.8. The van der Waals surface area contributed by atoms with Crippen LogP contribution in [0.5, 0.6) is 0 Å². The topological polar surface area (TPSA) is 75.2 Å². The van der Waals surface area contributed by atoms with Crippen molar-refractivity contribution < 1.29 is 0 Å². The van der Waals surface area contributed by atoms with Gasteiger partial charge in [0.1, 0.15) is 0 Å². The number of rotatable bonds is 5. The third-order valence-corrected chi connectivity index (χ3v) is 26.4. The first kappa shape index (κ1) is 57.2. The van der Waals surface area contributed by atoms with Crippen molar-refractivity contribution in [3.63, 3.8) is 0 Å². The Morgan fingerprint density at radius 3 is 1.27 bits per heavy atom. The first-order valence-electron chi connectivity index (χ1n) is 37.1. The summed E-state index contributed by atoms with van der Waals surface area (Å²) in [5, 5.41) is 26.2. The zero-order valence-electron chi connectivity index (χ0n) is 57.8. The van der Waals surface area contributed by atoms with Gasteiger partial charge in [-0.2, -0.15) is 4.98 Å². The predicted octanol–water partition coefficient (Wildman–Crippen LogP) is 26.4. The molecule has 109 heavy (non-hydrogen) atoms. The van der Waals surface area contributed by atoms with Crippen LogP contribution in [0.4, 0.5) is 0 Å². The lowest BCUT2D eigenvalue weighted by atomic mass is 9.98. The molecule has 0 bridgehead atoms. The number of nitrogens with zero attached hydrogens (tertiary/aromatic N) is 9. The van der Waals surface area contributed by atoms with Gasteiger partial charge in [0.25, 0.3) is 0 Å². The van der Waals surface area contributed by atoms with Crippen LogP contribution >= 0.6 is 22.7 Å². The van der Waals surface area contributed by atoms with Crippen LogP contribution in [-0.2, 0) is 0 Å². The molecule has 11 heteroatoms. The van der Waals surface area contributed by atoms with Gasteiger partial charge in [-0.25, -0.2) is 15.0 Å². The van der Waals surface area contributed by atoms with Crippen molar-refractivity contribution in [3.8, 4) is 40.1 Å². The van der Waals surface area contributed by atoms with Crippen LogP contribution in [0, 0.1) is 0 Å². The Balaban J connectivity index is 0.730. The van der Waals surface area contributed by atoms with Crippen molar-refractivity contribution in [2.24, 2.45) is 0 Å². The van der Waals surface area contributed by atoms with Crippen LogP contribution in [0.25, 0.3) is 255 Å². The van der Waals surface area contributed by atoms with Gasteiger partial charge in [-0.1, -0.05) is 231 Å². The normalized spacial score (nSPS) is 12.8. The third-order valence-electron chi connectivity index (χ3n) is 24.1. The fourth-order valence-corrected chi connectivity index (χ4v) is 21.8. The van der Waals surface area contributed by atoms with Crippen molar-refractivity contribution in [3.05, 3.63) is 309 Å². The van der Waals surface area contributed by atoms with Crippen molar-refractivity contribution in [1.29, 1.82) is 0 Å². The molecule has 0 unspecified atom stereocenters. The molecule has 0 radical (unpaired) electrons. The van der Waals surface area contributed by atoms with Gasteiger partial charge in [0.2, 0.25) is 5.95 Å². The molecule has 16 aromatic carbocycles. The maximum atomic E-state index is 5.90. The molecular formula is C98H51N9S2. The lowest BCUT2D eigenvalue weighted by Crippen LogP contribution is -2.06. The van der Waals surface area contributed by atoms with E-state index < -0.39 is 0 Å². The monoisotopic (exact) mass is 1420 g/mol. The lowest BCUT2D eigenvalue weighted by Gasteiger charge is -2.12. The van der Waals surface area contributed by atoms with Crippen LogP contribution in [0.3, 0.4) is 0 Å². The van der Waals surface area contributed by atoms with Crippen LogP contribution in [-0.4, -0.2) is 42.4 Å². The van der Waals surface area contributed by atoms with E-state index in [9.17, 15) is 0 Å².